The first-order chi connectivity index (χ1) is 29.6. The van der Waals surface area contributed by atoms with E-state index in [-0.39, 0.29) is 5.97 Å². The topological polar surface area (TPSA) is 138 Å². The van der Waals surface area contributed by atoms with E-state index in [4.69, 9.17) is 24.7 Å². The molecule has 286 valence electrons. The fraction of sp³-hybridized carbons (Fsp3) is 0.0204. The molecule has 0 radical (unpaired) electrons. The zero-order valence-corrected chi connectivity index (χ0v) is 32.1. The Morgan fingerprint density at radius 3 is 1.02 bits per heavy atom. The third kappa shape index (κ3) is 6.86. The number of carbonyl (C=O) groups excluding carboxylic acids is 1. The zero-order chi connectivity index (χ0) is 40.4. The number of fused-ring (bicyclic) bond motifs is 4. The molecule has 5 aliphatic rings. The molecule has 3 aromatic heterocycles. The molecule has 0 atom stereocenters. The molecule has 5 aromatic rings. The fourth-order valence-electron chi connectivity index (χ4n) is 7.50. The van der Waals surface area contributed by atoms with E-state index in [1.54, 1.807) is 49.3 Å². The third-order valence-electron chi connectivity index (χ3n) is 10.3. The number of allylic oxidation sites excluding steroid dienone is 12. The van der Waals surface area contributed by atoms with E-state index in [1.807, 2.05) is 121 Å². The molecular weight excluding hydrogens is 747 g/mol. The maximum absolute atomic E-state index is 11.9. The first kappa shape index (κ1) is 35.9. The number of aromatic nitrogens is 3. The fourth-order valence-corrected chi connectivity index (χ4v) is 7.50. The van der Waals surface area contributed by atoms with Gasteiger partial charge in [0.15, 0.2) is 0 Å². The van der Waals surface area contributed by atoms with Gasteiger partial charge in [0.05, 0.1) is 69.7 Å². The Morgan fingerprint density at radius 2 is 0.700 bits per heavy atom. The van der Waals surface area contributed by atoms with Gasteiger partial charge in [-0.3, -0.25) is 15.0 Å². The van der Waals surface area contributed by atoms with Gasteiger partial charge in [-0.2, -0.15) is 0 Å². The van der Waals surface area contributed by atoms with Gasteiger partial charge in [0, 0.05) is 59.5 Å². The summed E-state index contributed by atoms with van der Waals surface area (Å²) >= 11 is 0. The molecule has 0 spiro atoms. The minimum atomic E-state index is -0.384. The van der Waals surface area contributed by atoms with Crippen LogP contribution in [0.2, 0.25) is 0 Å². The van der Waals surface area contributed by atoms with Gasteiger partial charge in [0.2, 0.25) is 0 Å². The maximum atomic E-state index is 11.9. The molecule has 0 fully saturated rings. The highest BCUT2D eigenvalue weighted by Crippen LogP contribution is 2.38. The van der Waals surface area contributed by atoms with Crippen molar-refractivity contribution in [3.05, 3.63) is 221 Å². The van der Waals surface area contributed by atoms with Crippen molar-refractivity contribution in [2.24, 2.45) is 20.0 Å². The molecule has 0 saturated heterocycles. The molecule has 5 aliphatic heterocycles. The molecule has 2 N–H and O–H groups in total. The highest BCUT2D eigenvalue weighted by molar-refractivity contribution is 6.39. The normalized spacial score (nSPS) is 16.4. The van der Waals surface area contributed by atoms with Gasteiger partial charge in [0.25, 0.3) is 0 Å². The lowest BCUT2D eigenvalue weighted by molar-refractivity contribution is 0.0600. The molecule has 11 nitrogen and oxygen atoms in total. The molecular formula is C49H33N9O2. The van der Waals surface area contributed by atoms with Crippen LogP contribution < -0.4 is 10.9 Å². The second-order valence-corrected chi connectivity index (χ2v) is 14.0. The van der Waals surface area contributed by atoms with Crippen LogP contribution in [0, 0.1) is 0 Å². The number of hydrogen-bond acceptors (Lipinski definition) is 11. The lowest BCUT2D eigenvalue weighted by Gasteiger charge is -2.13. The Morgan fingerprint density at radius 1 is 0.400 bits per heavy atom. The molecule has 0 unspecified atom stereocenters. The first-order valence-electron chi connectivity index (χ1n) is 19.2. The van der Waals surface area contributed by atoms with E-state index >= 15 is 0 Å². The summed E-state index contributed by atoms with van der Waals surface area (Å²) in [6.45, 7) is 0. The third-order valence-corrected chi connectivity index (χ3v) is 10.3. The monoisotopic (exact) mass is 779 g/mol. The molecule has 8 heterocycles. The Hall–Kier alpha value is -8.44. The quantitative estimate of drug-likeness (QED) is 0.118. The predicted octanol–water partition coefficient (Wildman–Crippen LogP) is 9.10. The molecule has 8 bridgehead atoms. The Balaban J connectivity index is 1.13. The second-order valence-electron chi connectivity index (χ2n) is 14.0. The Labute approximate surface area is 345 Å². The van der Waals surface area contributed by atoms with E-state index in [2.05, 4.69) is 25.8 Å². The average molecular weight is 780 g/mol. The largest absolute Gasteiger partial charge is 0.465 e. The van der Waals surface area contributed by atoms with Crippen LogP contribution in [0.3, 0.4) is 0 Å². The number of aliphatic imine (C=N–C) groups is 4. The highest BCUT2D eigenvalue weighted by Gasteiger charge is 2.27. The number of pyridine rings is 3. The van der Waals surface area contributed by atoms with Crippen LogP contribution in [0.15, 0.2) is 213 Å². The van der Waals surface area contributed by atoms with Crippen LogP contribution in [0.5, 0.6) is 0 Å². The van der Waals surface area contributed by atoms with Gasteiger partial charge in [-0.1, -0.05) is 12.1 Å². The lowest BCUT2D eigenvalue weighted by Crippen LogP contribution is -2.09. The van der Waals surface area contributed by atoms with Gasteiger partial charge in [-0.05, 0) is 144 Å². The van der Waals surface area contributed by atoms with Gasteiger partial charge in [-0.15, -0.1) is 0 Å². The van der Waals surface area contributed by atoms with E-state index in [1.165, 1.54) is 7.11 Å². The number of ether oxygens (including phenoxy) is 1. The first-order valence-corrected chi connectivity index (χ1v) is 19.2. The summed E-state index contributed by atoms with van der Waals surface area (Å²) in [4.78, 5) is 46.0. The van der Waals surface area contributed by atoms with Crippen molar-refractivity contribution in [2.75, 3.05) is 18.0 Å². The van der Waals surface area contributed by atoms with Crippen LogP contribution in [-0.2, 0) is 4.74 Å². The van der Waals surface area contributed by atoms with Gasteiger partial charge >= 0.3 is 5.97 Å². The van der Waals surface area contributed by atoms with Crippen LogP contribution >= 0.6 is 0 Å². The Bertz CT molecular complexity index is 2930. The van der Waals surface area contributed by atoms with E-state index in [0.717, 1.165) is 102 Å². The number of methoxy groups -OCH3 is 1. The van der Waals surface area contributed by atoms with Crippen molar-refractivity contribution in [2.45, 2.75) is 0 Å². The summed E-state index contributed by atoms with van der Waals surface area (Å²) in [7, 11) is 1.37. The van der Waals surface area contributed by atoms with Crippen molar-refractivity contribution in [1.29, 1.82) is 0 Å². The second kappa shape index (κ2) is 15.5. The van der Waals surface area contributed by atoms with E-state index in [0.29, 0.717) is 5.56 Å². The Kier molecular flexibility index (Phi) is 9.27. The number of esters is 1. The number of carbonyl (C=O) groups is 1. The number of rotatable bonds is 8. The minimum Gasteiger partial charge on any atom is -0.465 e. The summed E-state index contributed by atoms with van der Waals surface area (Å²) in [5, 5.41) is 0. The molecule has 0 amide bonds. The zero-order valence-electron chi connectivity index (χ0n) is 32.1. The summed E-state index contributed by atoms with van der Waals surface area (Å²) in [5.74, 6) is -0.384. The minimum absolute atomic E-state index is 0.384. The smallest absolute Gasteiger partial charge is 0.337 e. The van der Waals surface area contributed by atoms with Crippen LogP contribution in [-0.4, -0.2) is 50.9 Å². The number of benzene rings is 2. The SMILES string of the molecule is COC(=O)c1ccc(NNc2ccc(C3=C4C=CC(=N4)C(c4ccncc4)=C4C=CC(=N4)C(c4ccncc4)=C4C=CC(=N4)C(c4ccncc4)=C4C=CC3=N4)cc2)cc1. The number of hydrogen-bond donors (Lipinski definition) is 2. The predicted molar refractivity (Wildman–Crippen MR) is 238 cm³/mol. The number of nitrogens with zero attached hydrogens (tertiary/aromatic N) is 7. The summed E-state index contributed by atoms with van der Waals surface area (Å²) in [6, 6.07) is 27.0. The lowest BCUT2D eigenvalue weighted by atomic mass is 9.98. The maximum Gasteiger partial charge on any atom is 0.337 e. The van der Waals surface area contributed by atoms with Crippen LogP contribution in [0.1, 0.15) is 32.6 Å². The summed E-state index contributed by atoms with van der Waals surface area (Å²) in [6.07, 6.45) is 27.0. The van der Waals surface area contributed by atoms with Crippen molar-refractivity contribution in [3.63, 3.8) is 0 Å². The average Bonchev–Trinajstić information content (AvgIpc) is 4.16. The standard InChI is InChI=1S/C49H33N9O2/c1-60-49(59)34-4-8-36(9-5-34)58-57-35-6-2-30(3-7-35)45-37-10-12-39(53-37)46(31-18-24-50-25-19-31)41-14-16-43(55-41)48(33-22-28-52-29-23-33)44-17-15-42(56-44)47(32-20-26-51-27-21-32)40-13-11-38(45)54-40/h2-29,57-58H,1H3. The number of nitrogens with one attached hydrogen (secondary N) is 2. The van der Waals surface area contributed by atoms with Gasteiger partial charge in [0.1, 0.15) is 0 Å². The van der Waals surface area contributed by atoms with E-state index < -0.39 is 0 Å². The van der Waals surface area contributed by atoms with Crippen molar-refractivity contribution in [1.82, 2.24) is 15.0 Å². The molecule has 2 aromatic carbocycles. The van der Waals surface area contributed by atoms with Gasteiger partial charge < -0.3 is 15.6 Å². The molecule has 10 rings (SSSR count). The molecule has 0 saturated carbocycles. The summed E-state index contributed by atoms with van der Waals surface area (Å²) < 4.78 is 4.82. The molecule has 11 heteroatoms. The van der Waals surface area contributed by atoms with Crippen molar-refractivity contribution in [3.8, 4) is 0 Å². The molecule has 0 aliphatic carbocycles. The summed E-state index contributed by atoms with van der Waals surface area (Å²) in [5.41, 5.74) is 21.9. The van der Waals surface area contributed by atoms with Crippen LogP contribution in [0.4, 0.5) is 11.4 Å². The van der Waals surface area contributed by atoms with E-state index in [9.17, 15) is 4.79 Å². The number of hydrazine groups is 1. The van der Waals surface area contributed by atoms with Crippen LogP contribution in [0.25, 0.3) is 22.3 Å². The van der Waals surface area contributed by atoms with Crippen molar-refractivity contribution < 1.29 is 9.53 Å². The van der Waals surface area contributed by atoms with Gasteiger partial charge in [-0.25, -0.2) is 24.8 Å². The van der Waals surface area contributed by atoms with Crippen molar-refractivity contribution >= 4 is 62.5 Å². The molecule has 60 heavy (non-hydrogen) atoms. The number of anilines is 2. The highest BCUT2D eigenvalue weighted by atomic mass is 16.5.